The lowest BCUT2D eigenvalue weighted by atomic mass is 9.83. The Bertz CT molecular complexity index is 386. The second kappa shape index (κ2) is 6.79. The monoisotopic (exact) mass is 247 g/mol. The third-order valence-corrected chi connectivity index (χ3v) is 3.80. The first kappa shape index (κ1) is 13.4. The minimum absolute atomic E-state index is 0.753. The van der Waals surface area contributed by atoms with Gasteiger partial charge in [0.1, 0.15) is 11.5 Å². The summed E-state index contributed by atoms with van der Waals surface area (Å²) < 4.78 is 5.68. The molecule has 1 aliphatic rings. The molecule has 1 fully saturated rings. The van der Waals surface area contributed by atoms with E-state index >= 15 is 0 Å². The molecule has 0 spiro atoms. The number of likely N-dealkylation sites (N-methyl/N-ethyl adjacent to an activating group) is 1. The van der Waals surface area contributed by atoms with Gasteiger partial charge in [-0.05, 0) is 56.0 Å². The SMILES string of the molecule is CCNCC(=Cc1ccc(C)o1)C1CCCCC1. The van der Waals surface area contributed by atoms with Crippen molar-refractivity contribution >= 4 is 6.08 Å². The van der Waals surface area contributed by atoms with E-state index in [1.807, 2.05) is 13.0 Å². The molecule has 1 aromatic rings. The van der Waals surface area contributed by atoms with E-state index in [1.54, 1.807) is 0 Å². The highest BCUT2D eigenvalue weighted by atomic mass is 16.3. The molecular formula is C16H25NO. The number of aryl methyl sites for hydroxylation is 1. The second-order valence-electron chi connectivity index (χ2n) is 5.28. The summed E-state index contributed by atoms with van der Waals surface area (Å²) in [6, 6.07) is 4.11. The average molecular weight is 247 g/mol. The van der Waals surface area contributed by atoms with Crippen molar-refractivity contribution in [3.05, 3.63) is 29.2 Å². The van der Waals surface area contributed by atoms with Gasteiger partial charge < -0.3 is 9.73 Å². The Balaban J connectivity index is 2.10. The van der Waals surface area contributed by atoms with Crippen LogP contribution in [-0.4, -0.2) is 13.1 Å². The summed E-state index contributed by atoms with van der Waals surface area (Å²) in [7, 11) is 0. The maximum atomic E-state index is 5.68. The van der Waals surface area contributed by atoms with Crippen LogP contribution in [0.4, 0.5) is 0 Å². The summed E-state index contributed by atoms with van der Waals surface area (Å²) in [5, 5.41) is 3.46. The highest BCUT2D eigenvalue weighted by molar-refractivity contribution is 5.49. The summed E-state index contributed by atoms with van der Waals surface area (Å²) in [5.41, 5.74) is 1.52. The summed E-state index contributed by atoms with van der Waals surface area (Å²) in [6.07, 6.45) is 9.11. The average Bonchev–Trinajstić information content (AvgIpc) is 2.81. The van der Waals surface area contributed by atoms with Gasteiger partial charge in [-0.2, -0.15) is 0 Å². The lowest BCUT2D eigenvalue weighted by Gasteiger charge is -2.24. The summed E-state index contributed by atoms with van der Waals surface area (Å²) in [5.74, 6) is 2.75. The Morgan fingerprint density at radius 1 is 1.33 bits per heavy atom. The number of hydrogen-bond donors (Lipinski definition) is 1. The van der Waals surface area contributed by atoms with Gasteiger partial charge in [0.05, 0.1) is 0 Å². The molecule has 1 aromatic heterocycles. The van der Waals surface area contributed by atoms with Crippen LogP contribution in [0.3, 0.4) is 0 Å². The van der Waals surface area contributed by atoms with E-state index in [4.69, 9.17) is 4.42 Å². The topological polar surface area (TPSA) is 25.2 Å². The van der Waals surface area contributed by atoms with Gasteiger partial charge in [0.2, 0.25) is 0 Å². The van der Waals surface area contributed by atoms with Crippen LogP contribution in [0.2, 0.25) is 0 Å². The quantitative estimate of drug-likeness (QED) is 0.845. The van der Waals surface area contributed by atoms with Gasteiger partial charge in [0, 0.05) is 6.54 Å². The zero-order valence-corrected chi connectivity index (χ0v) is 11.7. The first-order valence-electron chi connectivity index (χ1n) is 7.27. The van der Waals surface area contributed by atoms with Crippen molar-refractivity contribution in [3.63, 3.8) is 0 Å². The van der Waals surface area contributed by atoms with Gasteiger partial charge in [-0.3, -0.25) is 0 Å². The summed E-state index contributed by atoms with van der Waals surface area (Å²) in [4.78, 5) is 0. The van der Waals surface area contributed by atoms with Crippen LogP contribution >= 0.6 is 0 Å². The molecule has 1 heterocycles. The molecule has 18 heavy (non-hydrogen) atoms. The molecule has 2 nitrogen and oxygen atoms in total. The maximum Gasteiger partial charge on any atom is 0.127 e. The van der Waals surface area contributed by atoms with Crippen LogP contribution < -0.4 is 5.32 Å². The van der Waals surface area contributed by atoms with Crippen LogP contribution in [0.25, 0.3) is 6.08 Å². The van der Waals surface area contributed by atoms with Gasteiger partial charge in [0.25, 0.3) is 0 Å². The van der Waals surface area contributed by atoms with Gasteiger partial charge >= 0.3 is 0 Å². The number of hydrogen-bond acceptors (Lipinski definition) is 2. The van der Waals surface area contributed by atoms with E-state index in [0.29, 0.717) is 0 Å². The van der Waals surface area contributed by atoms with Crippen LogP contribution in [-0.2, 0) is 0 Å². The van der Waals surface area contributed by atoms with Crippen molar-refractivity contribution in [2.24, 2.45) is 5.92 Å². The fraction of sp³-hybridized carbons (Fsp3) is 0.625. The van der Waals surface area contributed by atoms with Crippen LogP contribution in [0.5, 0.6) is 0 Å². The van der Waals surface area contributed by atoms with Crippen LogP contribution in [0.15, 0.2) is 22.1 Å². The minimum atomic E-state index is 0.753. The molecule has 2 rings (SSSR count). The Labute approximate surface area is 110 Å². The smallest absolute Gasteiger partial charge is 0.127 e. The Morgan fingerprint density at radius 3 is 2.72 bits per heavy atom. The highest BCUT2D eigenvalue weighted by Gasteiger charge is 2.17. The van der Waals surface area contributed by atoms with Crippen molar-refractivity contribution in [1.29, 1.82) is 0 Å². The predicted molar refractivity (Wildman–Crippen MR) is 76.5 cm³/mol. The van der Waals surface area contributed by atoms with Crippen molar-refractivity contribution in [2.75, 3.05) is 13.1 Å². The molecule has 0 amide bonds. The summed E-state index contributed by atoms with van der Waals surface area (Å²) >= 11 is 0. The Kier molecular flexibility index (Phi) is 5.06. The van der Waals surface area contributed by atoms with Gasteiger partial charge in [0.15, 0.2) is 0 Å². The molecule has 1 saturated carbocycles. The molecule has 1 aliphatic carbocycles. The third-order valence-electron chi connectivity index (χ3n) is 3.80. The highest BCUT2D eigenvalue weighted by Crippen LogP contribution is 2.30. The zero-order valence-electron chi connectivity index (χ0n) is 11.7. The standard InChI is InChI=1S/C16H25NO/c1-3-17-12-15(14-7-5-4-6-8-14)11-16-10-9-13(2)18-16/h9-11,14,17H,3-8,12H2,1-2H3. The maximum absolute atomic E-state index is 5.68. The van der Waals surface area contributed by atoms with Gasteiger partial charge in [-0.1, -0.05) is 26.2 Å². The predicted octanol–water partition coefficient (Wildman–Crippen LogP) is 4.16. The first-order chi connectivity index (χ1) is 8.79. The fourth-order valence-corrected chi connectivity index (χ4v) is 2.77. The molecular weight excluding hydrogens is 222 g/mol. The molecule has 100 valence electrons. The van der Waals surface area contributed by atoms with E-state index in [-0.39, 0.29) is 0 Å². The minimum Gasteiger partial charge on any atom is -0.462 e. The van der Waals surface area contributed by atoms with Crippen molar-refractivity contribution in [1.82, 2.24) is 5.32 Å². The van der Waals surface area contributed by atoms with E-state index < -0.39 is 0 Å². The molecule has 0 saturated heterocycles. The van der Waals surface area contributed by atoms with Crippen molar-refractivity contribution in [2.45, 2.75) is 46.0 Å². The largest absolute Gasteiger partial charge is 0.462 e. The Hall–Kier alpha value is -1.02. The van der Waals surface area contributed by atoms with Crippen LogP contribution in [0, 0.1) is 12.8 Å². The number of rotatable bonds is 5. The molecule has 0 unspecified atom stereocenters. The first-order valence-corrected chi connectivity index (χ1v) is 7.27. The van der Waals surface area contributed by atoms with E-state index in [0.717, 1.165) is 30.5 Å². The van der Waals surface area contributed by atoms with Gasteiger partial charge in [-0.15, -0.1) is 0 Å². The lowest BCUT2D eigenvalue weighted by Crippen LogP contribution is -2.22. The molecule has 0 aromatic carbocycles. The number of nitrogens with one attached hydrogen (secondary N) is 1. The molecule has 1 N–H and O–H groups in total. The molecule has 0 bridgehead atoms. The number of furan rings is 1. The zero-order chi connectivity index (χ0) is 12.8. The van der Waals surface area contributed by atoms with E-state index in [9.17, 15) is 0 Å². The van der Waals surface area contributed by atoms with Crippen LogP contribution in [0.1, 0.15) is 50.5 Å². The molecule has 0 aliphatic heterocycles. The molecule has 2 heteroatoms. The van der Waals surface area contributed by atoms with Crippen molar-refractivity contribution < 1.29 is 4.42 Å². The van der Waals surface area contributed by atoms with E-state index in [1.165, 1.54) is 37.7 Å². The molecule has 0 radical (unpaired) electrons. The molecule has 0 atom stereocenters. The Morgan fingerprint density at radius 2 is 2.11 bits per heavy atom. The fourth-order valence-electron chi connectivity index (χ4n) is 2.77. The lowest BCUT2D eigenvalue weighted by molar-refractivity contribution is 0.396. The summed E-state index contributed by atoms with van der Waals surface area (Å²) in [6.45, 7) is 6.19. The third kappa shape index (κ3) is 3.74. The van der Waals surface area contributed by atoms with E-state index in [2.05, 4.69) is 24.4 Å². The van der Waals surface area contributed by atoms with Crippen molar-refractivity contribution in [3.8, 4) is 0 Å². The van der Waals surface area contributed by atoms with Gasteiger partial charge in [-0.25, -0.2) is 0 Å². The normalized spacial score (nSPS) is 18.2. The second-order valence-corrected chi connectivity index (χ2v) is 5.28.